The molecule has 0 atom stereocenters. The number of ether oxygens (including phenoxy) is 1. The third-order valence-corrected chi connectivity index (χ3v) is 6.34. The Morgan fingerprint density at radius 2 is 1.77 bits per heavy atom. The second-order valence-electron chi connectivity index (χ2n) is 8.42. The predicted octanol–water partition coefficient (Wildman–Crippen LogP) is 4.03. The molecule has 0 saturated carbocycles. The number of nitrogens with two attached hydrogens (primary N) is 1. The molecule has 2 heterocycles. The second-order valence-corrected chi connectivity index (χ2v) is 8.42. The van der Waals surface area contributed by atoms with E-state index in [2.05, 4.69) is 18.7 Å². The van der Waals surface area contributed by atoms with Gasteiger partial charge in [-0.15, -0.1) is 0 Å². The van der Waals surface area contributed by atoms with Crippen LogP contribution in [0, 0.1) is 0 Å². The third-order valence-electron chi connectivity index (χ3n) is 6.34. The van der Waals surface area contributed by atoms with Gasteiger partial charge in [0.15, 0.2) is 0 Å². The molecule has 2 N–H and O–H groups in total. The number of amides is 1. The molecule has 31 heavy (non-hydrogen) atoms. The van der Waals surface area contributed by atoms with Crippen LogP contribution in [0.2, 0.25) is 0 Å². The number of primary amides is 1. The number of likely N-dealkylation sites (tertiary alicyclic amines) is 1. The number of hydrogen-bond acceptors (Lipinski definition) is 4. The summed E-state index contributed by atoms with van der Waals surface area (Å²) in [6.45, 7) is 6.33. The number of fused-ring (bicyclic) bond motifs is 1. The largest absolute Gasteiger partial charge is 0.497 e. The first-order chi connectivity index (χ1) is 14.9. The molecule has 1 saturated heterocycles. The maximum atomic E-state index is 13.6. The lowest BCUT2D eigenvalue weighted by Gasteiger charge is -2.34. The molecule has 1 fully saturated rings. The normalized spacial score (nSPS) is 15.5. The van der Waals surface area contributed by atoms with E-state index < -0.39 is 5.91 Å². The number of para-hydroxylation sites is 1. The van der Waals surface area contributed by atoms with E-state index in [9.17, 15) is 9.59 Å². The van der Waals surface area contributed by atoms with Crippen molar-refractivity contribution >= 4 is 22.7 Å². The zero-order valence-corrected chi connectivity index (χ0v) is 18.3. The maximum Gasteiger partial charge on any atom is 0.266 e. The van der Waals surface area contributed by atoms with Crippen molar-refractivity contribution in [1.29, 1.82) is 0 Å². The zero-order valence-electron chi connectivity index (χ0n) is 18.3. The van der Waals surface area contributed by atoms with Crippen LogP contribution < -0.4 is 10.5 Å². The molecule has 6 nitrogen and oxygen atoms in total. The van der Waals surface area contributed by atoms with E-state index in [-0.39, 0.29) is 11.8 Å². The lowest BCUT2D eigenvalue weighted by molar-refractivity contribution is 0.0924. The van der Waals surface area contributed by atoms with Gasteiger partial charge in [-0.05, 0) is 75.5 Å². The Labute approximate surface area is 182 Å². The minimum absolute atomic E-state index is 0.182. The molecule has 2 aromatic carbocycles. The average Bonchev–Trinajstić information content (AvgIpc) is 3.14. The third kappa shape index (κ3) is 3.83. The molecule has 162 valence electrons. The average molecular weight is 420 g/mol. The first-order valence-electron chi connectivity index (χ1n) is 10.8. The number of nitrogens with zero attached hydrogens (tertiary/aromatic N) is 2. The molecule has 1 aliphatic rings. The lowest BCUT2D eigenvalue weighted by Crippen LogP contribution is -2.38. The SMILES string of the molecule is COc1cccc(C(=O)n2c(C(N)=O)c(C3CCN(C(C)C)CC3)c3ccccc32)c1. The summed E-state index contributed by atoms with van der Waals surface area (Å²) < 4.78 is 6.77. The van der Waals surface area contributed by atoms with E-state index in [0.717, 1.165) is 36.9 Å². The number of aromatic nitrogens is 1. The monoisotopic (exact) mass is 419 g/mol. The first kappa shape index (κ1) is 21.1. The van der Waals surface area contributed by atoms with E-state index in [1.54, 1.807) is 31.4 Å². The number of carbonyl (C=O) groups is 2. The van der Waals surface area contributed by atoms with Gasteiger partial charge in [-0.2, -0.15) is 0 Å². The van der Waals surface area contributed by atoms with E-state index >= 15 is 0 Å². The summed E-state index contributed by atoms with van der Waals surface area (Å²) in [5.74, 6) is -0.0884. The van der Waals surface area contributed by atoms with Crippen LogP contribution in [0.3, 0.4) is 0 Å². The van der Waals surface area contributed by atoms with Crippen LogP contribution in [0.5, 0.6) is 5.75 Å². The molecule has 4 rings (SSSR count). The van der Waals surface area contributed by atoms with Gasteiger partial charge in [0.05, 0.1) is 12.6 Å². The lowest BCUT2D eigenvalue weighted by atomic mass is 9.87. The van der Waals surface area contributed by atoms with Gasteiger partial charge < -0.3 is 15.4 Å². The van der Waals surface area contributed by atoms with Gasteiger partial charge in [0.1, 0.15) is 11.4 Å². The Bertz CT molecular complexity index is 1120. The smallest absolute Gasteiger partial charge is 0.266 e. The summed E-state index contributed by atoms with van der Waals surface area (Å²) in [5.41, 5.74) is 8.26. The van der Waals surface area contributed by atoms with Crippen molar-refractivity contribution in [2.45, 2.75) is 38.6 Å². The molecule has 0 spiro atoms. The maximum absolute atomic E-state index is 13.6. The highest BCUT2D eigenvalue weighted by molar-refractivity contribution is 6.11. The van der Waals surface area contributed by atoms with Crippen molar-refractivity contribution in [1.82, 2.24) is 9.47 Å². The Kier molecular flexibility index (Phi) is 5.83. The summed E-state index contributed by atoms with van der Waals surface area (Å²) in [5, 5.41) is 0.926. The van der Waals surface area contributed by atoms with Crippen LogP contribution in [0.4, 0.5) is 0 Å². The van der Waals surface area contributed by atoms with Crippen molar-refractivity contribution < 1.29 is 14.3 Å². The Hall–Kier alpha value is -3.12. The number of benzene rings is 2. The van der Waals surface area contributed by atoms with Crippen molar-refractivity contribution in [2.75, 3.05) is 20.2 Å². The van der Waals surface area contributed by atoms with Gasteiger partial charge in [-0.3, -0.25) is 14.2 Å². The number of carbonyl (C=O) groups excluding carboxylic acids is 2. The van der Waals surface area contributed by atoms with Gasteiger partial charge in [0, 0.05) is 17.0 Å². The van der Waals surface area contributed by atoms with Gasteiger partial charge in [0.2, 0.25) is 0 Å². The Balaban J connectivity index is 1.86. The van der Waals surface area contributed by atoms with Gasteiger partial charge in [0.25, 0.3) is 11.8 Å². The fourth-order valence-electron chi connectivity index (χ4n) is 4.72. The minimum atomic E-state index is -0.575. The Morgan fingerprint density at radius 1 is 1.06 bits per heavy atom. The molecule has 1 aromatic heterocycles. The Morgan fingerprint density at radius 3 is 2.42 bits per heavy atom. The van der Waals surface area contributed by atoms with Gasteiger partial charge in [-0.1, -0.05) is 24.3 Å². The number of rotatable bonds is 5. The number of piperidine rings is 1. The topological polar surface area (TPSA) is 77.6 Å². The highest BCUT2D eigenvalue weighted by Gasteiger charge is 2.32. The van der Waals surface area contributed by atoms with Crippen molar-refractivity contribution in [3.8, 4) is 5.75 Å². The summed E-state index contributed by atoms with van der Waals surface area (Å²) in [6, 6.07) is 15.2. The van der Waals surface area contributed by atoms with E-state index in [0.29, 0.717) is 28.6 Å². The molecule has 1 aliphatic heterocycles. The first-order valence-corrected chi connectivity index (χ1v) is 10.8. The molecule has 6 heteroatoms. The van der Waals surface area contributed by atoms with E-state index in [4.69, 9.17) is 10.5 Å². The molecule has 1 amide bonds. The van der Waals surface area contributed by atoms with E-state index in [1.807, 2.05) is 24.3 Å². The standard InChI is InChI=1S/C25H29N3O3/c1-16(2)27-13-11-17(12-14-27)22-20-9-4-5-10-21(20)28(23(22)24(26)29)25(30)18-7-6-8-19(15-18)31-3/h4-10,15-17H,11-14H2,1-3H3,(H2,26,29). The number of methoxy groups -OCH3 is 1. The summed E-state index contributed by atoms with van der Waals surface area (Å²) >= 11 is 0. The van der Waals surface area contributed by atoms with Crippen molar-refractivity contribution in [2.24, 2.45) is 5.73 Å². The van der Waals surface area contributed by atoms with Crippen LogP contribution in [-0.4, -0.2) is 47.5 Å². The molecular formula is C25H29N3O3. The fraction of sp³-hybridized carbons (Fsp3) is 0.360. The second kappa shape index (κ2) is 8.55. The van der Waals surface area contributed by atoms with Crippen molar-refractivity contribution in [3.05, 3.63) is 65.4 Å². The molecule has 3 aromatic rings. The van der Waals surface area contributed by atoms with Crippen LogP contribution >= 0.6 is 0 Å². The van der Waals surface area contributed by atoms with Crippen molar-refractivity contribution in [3.63, 3.8) is 0 Å². The predicted molar refractivity (Wildman–Crippen MR) is 122 cm³/mol. The zero-order chi connectivity index (χ0) is 22.1. The van der Waals surface area contributed by atoms with E-state index in [1.165, 1.54) is 4.57 Å². The highest BCUT2D eigenvalue weighted by atomic mass is 16.5. The van der Waals surface area contributed by atoms with Crippen LogP contribution in [0.15, 0.2) is 48.5 Å². The van der Waals surface area contributed by atoms with Crippen LogP contribution in [0.1, 0.15) is 59.0 Å². The van der Waals surface area contributed by atoms with Gasteiger partial charge in [-0.25, -0.2) is 0 Å². The molecular weight excluding hydrogens is 390 g/mol. The quantitative estimate of drug-likeness (QED) is 0.677. The summed E-state index contributed by atoms with van der Waals surface area (Å²) in [4.78, 5) is 28.7. The summed E-state index contributed by atoms with van der Waals surface area (Å²) in [7, 11) is 1.56. The van der Waals surface area contributed by atoms with Crippen LogP contribution in [0.25, 0.3) is 10.9 Å². The number of hydrogen-bond donors (Lipinski definition) is 1. The molecule has 0 radical (unpaired) electrons. The summed E-state index contributed by atoms with van der Waals surface area (Å²) in [6.07, 6.45) is 1.86. The highest BCUT2D eigenvalue weighted by Crippen LogP contribution is 2.38. The molecule has 0 unspecified atom stereocenters. The molecule has 0 bridgehead atoms. The molecule has 0 aliphatic carbocycles. The minimum Gasteiger partial charge on any atom is -0.497 e. The van der Waals surface area contributed by atoms with Crippen LogP contribution in [-0.2, 0) is 0 Å². The van der Waals surface area contributed by atoms with Gasteiger partial charge >= 0.3 is 0 Å². The fourth-order valence-corrected chi connectivity index (χ4v) is 4.72.